The molecule has 1 unspecified atom stereocenters. The minimum atomic E-state index is -3.41. The fourth-order valence-electron chi connectivity index (χ4n) is 2.85. The predicted molar refractivity (Wildman–Crippen MR) is 103 cm³/mol. The molecule has 2 aromatic rings. The van der Waals surface area contributed by atoms with Crippen LogP contribution >= 0.6 is 0 Å². The van der Waals surface area contributed by atoms with E-state index in [9.17, 15) is 13.2 Å². The molecule has 0 saturated carbocycles. The van der Waals surface area contributed by atoms with E-state index < -0.39 is 10.0 Å². The Bertz CT molecular complexity index is 958. The monoisotopic (exact) mass is 390 g/mol. The van der Waals surface area contributed by atoms with E-state index in [0.29, 0.717) is 34.9 Å². The van der Waals surface area contributed by atoms with Crippen LogP contribution in [0.15, 0.2) is 42.5 Å². The van der Waals surface area contributed by atoms with Crippen LogP contribution in [-0.4, -0.2) is 46.9 Å². The molecule has 0 bridgehead atoms. The fourth-order valence-corrected chi connectivity index (χ4v) is 3.41. The number of nitrogens with zero attached hydrogens (tertiary/aromatic N) is 1. The van der Waals surface area contributed by atoms with E-state index in [-0.39, 0.29) is 18.6 Å². The van der Waals surface area contributed by atoms with Gasteiger partial charge in [0.1, 0.15) is 12.7 Å². The summed E-state index contributed by atoms with van der Waals surface area (Å²) < 4.78 is 36.2. The number of rotatable bonds is 5. The van der Waals surface area contributed by atoms with E-state index >= 15 is 0 Å². The standard InChI is InChI=1S/C19H22N2O5S/c1-13-15(7-6-8-16(13)21(2)27(3,23)24)19(22)20-11-14-12-25-17-9-4-5-10-18(17)26-14/h4-10,14H,11-12H2,1-3H3,(H,20,22). The summed E-state index contributed by atoms with van der Waals surface area (Å²) in [7, 11) is -1.95. The SMILES string of the molecule is Cc1c(C(=O)NCC2COc3ccccc3O2)cccc1N(C)S(C)(=O)=O. The van der Waals surface area contributed by atoms with Gasteiger partial charge < -0.3 is 14.8 Å². The molecule has 0 aromatic heterocycles. The summed E-state index contributed by atoms with van der Waals surface area (Å²) in [6, 6.07) is 12.4. The Hall–Kier alpha value is -2.74. The first-order valence-electron chi connectivity index (χ1n) is 8.47. The van der Waals surface area contributed by atoms with Gasteiger partial charge in [-0.1, -0.05) is 18.2 Å². The maximum absolute atomic E-state index is 12.6. The molecule has 0 fully saturated rings. The molecule has 1 amide bonds. The quantitative estimate of drug-likeness (QED) is 0.844. The molecule has 1 N–H and O–H groups in total. The molecular weight excluding hydrogens is 368 g/mol. The van der Waals surface area contributed by atoms with Gasteiger partial charge in [-0.05, 0) is 36.8 Å². The molecule has 7 nitrogen and oxygen atoms in total. The molecule has 1 heterocycles. The molecule has 8 heteroatoms. The zero-order chi connectivity index (χ0) is 19.6. The average molecular weight is 390 g/mol. The average Bonchev–Trinajstić information content (AvgIpc) is 2.65. The van der Waals surface area contributed by atoms with Crippen LogP contribution in [0.3, 0.4) is 0 Å². The van der Waals surface area contributed by atoms with E-state index in [1.165, 1.54) is 7.05 Å². The minimum Gasteiger partial charge on any atom is -0.486 e. The van der Waals surface area contributed by atoms with E-state index in [1.807, 2.05) is 24.3 Å². The number of ether oxygens (including phenoxy) is 2. The van der Waals surface area contributed by atoms with Crippen LogP contribution in [0.2, 0.25) is 0 Å². The maximum atomic E-state index is 12.6. The smallest absolute Gasteiger partial charge is 0.251 e. The molecular formula is C19H22N2O5S. The van der Waals surface area contributed by atoms with Crippen molar-refractivity contribution in [3.63, 3.8) is 0 Å². The molecule has 2 aromatic carbocycles. The first-order valence-corrected chi connectivity index (χ1v) is 10.3. The van der Waals surface area contributed by atoms with Gasteiger partial charge in [0, 0.05) is 12.6 Å². The Morgan fingerprint density at radius 3 is 2.59 bits per heavy atom. The summed E-state index contributed by atoms with van der Waals surface area (Å²) in [6.07, 6.45) is 0.822. The summed E-state index contributed by atoms with van der Waals surface area (Å²) in [6.45, 7) is 2.34. The highest BCUT2D eigenvalue weighted by atomic mass is 32.2. The third-order valence-corrected chi connectivity index (χ3v) is 5.64. The second-order valence-corrected chi connectivity index (χ2v) is 8.40. The first kappa shape index (κ1) is 19.0. The van der Waals surface area contributed by atoms with Gasteiger partial charge in [-0.15, -0.1) is 0 Å². The lowest BCUT2D eigenvalue weighted by molar-refractivity contribution is 0.0789. The van der Waals surface area contributed by atoms with Crippen molar-refractivity contribution < 1.29 is 22.7 Å². The summed E-state index contributed by atoms with van der Waals surface area (Å²) in [5.41, 5.74) is 1.48. The number of anilines is 1. The summed E-state index contributed by atoms with van der Waals surface area (Å²) in [5.74, 6) is 1.04. The molecule has 0 spiro atoms. The van der Waals surface area contributed by atoms with Crippen LogP contribution in [-0.2, 0) is 10.0 Å². The van der Waals surface area contributed by atoms with Crippen LogP contribution in [0, 0.1) is 6.92 Å². The predicted octanol–water partition coefficient (Wildman–Crippen LogP) is 1.96. The Morgan fingerprint density at radius 2 is 1.89 bits per heavy atom. The van der Waals surface area contributed by atoms with Gasteiger partial charge in [-0.2, -0.15) is 0 Å². The van der Waals surface area contributed by atoms with Gasteiger partial charge in [0.05, 0.1) is 18.5 Å². The van der Waals surface area contributed by atoms with Gasteiger partial charge in [0.25, 0.3) is 5.91 Å². The first-order chi connectivity index (χ1) is 12.8. The van der Waals surface area contributed by atoms with Crippen LogP contribution in [0.25, 0.3) is 0 Å². The number of carbonyl (C=O) groups excluding carboxylic acids is 1. The van der Waals surface area contributed by atoms with Gasteiger partial charge in [-0.25, -0.2) is 8.42 Å². The van der Waals surface area contributed by atoms with E-state index in [0.717, 1.165) is 10.6 Å². The summed E-state index contributed by atoms with van der Waals surface area (Å²) in [5, 5.41) is 2.83. The number of amides is 1. The van der Waals surface area contributed by atoms with E-state index in [1.54, 1.807) is 25.1 Å². The van der Waals surface area contributed by atoms with E-state index in [2.05, 4.69) is 5.32 Å². The van der Waals surface area contributed by atoms with Crippen LogP contribution < -0.4 is 19.1 Å². The molecule has 3 rings (SSSR count). The van der Waals surface area contributed by atoms with E-state index in [4.69, 9.17) is 9.47 Å². The number of para-hydroxylation sites is 2. The van der Waals surface area contributed by atoms with Crippen LogP contribution in [0.4, 0.5) is 5.69 Å². The zero-order valence-corrected chi connectivity index (χ0v) is 16.2. The third-order valence-electron chi connectivity index (χ3n) is 4.44. The summed E-state index contributed by atoms with van der Waals surface area (Å²) >= 11 is 0. The molecule has 27 heavy (non-hydrogen) atoms. The van der Waals surface area contributed by atoms with Crippen LogP contribution in [0.1, 0.15) is 15.9 Å². The Morgan fingerprint density at radius 1 is 1.19 bits per heavy atom. The highest BCUT2D eigenvalue weighted by Crippen LogP contribution is 2.30. The van der Waals surface area contributed by atoms with Crippen molar-refractivity contribution in [1.82, 2.24) is 5.32 Å². The Balaban J connectivity index is 1.69. The summed E-state index contributed by atoms with van der Waals surface area (Å²) in [4.78, 5) is 12.6. The second kappa shape index (κ2) is 7.48. The molecule has 0 radical (unpaired) electrons. The van der Waals surface area contributed by atoms with Crippen molar-refractivity contribution in [2.75, 3.05) is 30.8 Å². The normalized spacial score (nSPS) is 15.9. The number of benzene rings is 2. The lowest BCUT2D eigenvalue weighted by atomic mass is 10.1. The van der Waals surface area contributed by atoms with Crippen molar-refractivity contribution in [1.29, 1.82) is 0 Å². The number of fused-ring (bicyclic) bond motifs is 1. The van der Waals surface area contributed by atoms with Gasteiger partial charge in [-0.3, -0.25) is 9.10 Å². The van der Waals surface area contributed by atoms with Crippen molar-refractivity contribution in [3.8, 4) is 11.5 Å². The fraction of sp³-hybridized carbons (Fsp3) is 0.316. The highest BCUT2D eigenvalue weighted by Gasteiger charge is 2.23. The maximum Gasteiger partial charge on any atom is 0.251 e. The lowest BCUT2D eigenvalue weighted by Crippen LogP contribution is -2.41. The molecule has 1 atom stereocenters. The largest absolute Gasteiger partial charge is 0.486 e. The zero-order valence-electron chi connectivity index (χ0n) is 15.4. The number of hydrogen-bond acceptors (Lipinski definition) is 5. The molecule has 0 aliphatic carbocycles. The Labute approximate surface area is 158 Å². The third kappa shape index (κ3) is 4.16. The number of carbonyl (C=O) groups is 1. The Kier molecular flexibility index (Phi) is 5.27. The van der Waals surface area contributed by atoms with Crippen molar-refractivity contribution in [2.45, 2.75) is 13.0 Å². The molecule has 1 aliphatic heterocycles. The molecule has 0 saturated heterocycles. The number of nitrogens with one attached hydrogen (secondary N) is 1. The van der Waals surface area contributed by atoms with Crippen molar-refractivity contribution in [2.24, 2.45) is 0 Å². The van der Waals surface area contributed by atoms with Gasteiger partial charge in [0.2, 0.25) is 10.0 Å². The lowest BCUT2D eigenvalue weighted by Gasteiger charge is -2.26. The topological polar surface area (TPSA) is 84.9 Å². The number of hydrogen-bond donors (Lipinski definition) is 1. The minimum absolute atomic E-state index is 0.277. The molecule has 144 valence electrons. The van der Waals surface area contributed by atoms with Gasteiger partial charge in [0.15, 0.2) is 11.5 Å². The highest BCUT2D eigenvalue weighted by molar-refractivity contribution is 7.92. The van der Waals surface area contributed by atoms with Crippen LogP contribution in [0.5, 0.6) is 11.5 Å². The van der Waals surface area contributed by atoms with Gasteiger partial charge >= 0.3 is 0 Å². The molecule has 1 aliphatic rings. The van der Waals surface area contributed by atoms with Crippen molar-refractivity contribution in [3.05, 3.63) is 53.6 Å². The van der Waals surface area contributed by atoms with Crippen molar-refractivity contribution >= 4 is 21.6 Å². The number of sulfonamides is 1. The second-order valence-electron chi connectivity index (χ2n) is 6.39.